The number of hydrogen-bond donors (Lipinski definition) is 4. The molecule has 1 aromatic carbocycles. The summed E-state index contributed by atoms with van der Waals surface area (Å²) in [5, 5.41) is 13.1. The largest absolute Gasteiger partial charge is 0.391 e. The van der Waals surface area contributed by atoms with Crippen LogP contribution in [0.4, 0.5) is 0 Å². The van der Waals surface area contributed by atoms with Crippen LogP contribution < -0.4 is 16.5 Å². The third kappa shape index (κ3) is 4.09. The van der Waals surface area contributed by atoms with Crippen LogP contribution in [0.2, 0.25) is 0 Å². The average molecular weight is 361 g/mol. The van der Waals surface area contributed by atoms with Gasteiger partial charge < -0.3 is 14.6 Å². The van der Waals surface area contributed by atoms with Crippen LogP contribution in [-0.2, 0) is 6.42 Å². The molecule has 0 radical (unpaired) electrons. The summed E-state index contributed by atoms with van der Waals surface area (Å²) in [4.78, 5) is 38.8. The van der Waals surface area contributed by atoms with E-state index in [-0.39, 0.29) is 17.5 Å². The first-order valence-electron chi connectivity index (χ1n) is 8.39. The van der Waals surface area contributed by atoms with Crippen molar-refractivity contribution in [1.82, 2.24) is 15.2 Å². The number of benzene rings is 1. The summed E-state index contributed by atoms with van der Waals surface area (Å²) in [7, 11) is 6.16. The van der Waals surface area contributed by atoms with Gasteiger partial charge in [-0.15, -0.1) is 0 Å². The Labute approximate surface area is 149 Å². The van der Waals surface area contributed by atoms with Crippen LogP contribution in [0.5, 0.6) is 0 Å². The lowest BCUT2D eigenvalue weighted by Gasteiger charge is -2.21. The van der Waals surface area contributed by atoms with Gasteiger partial charge in [0.05, 0.1) is 33.3 Å². The Morgan fingerprint density at radius 3 is 2.19 bits per heavy atom. The van der Waals surface area contributed by atoms with Gasteiger partial charge in [-0.1, -0.05) is 19.1 Å². The molecule has 4 N–H and O–H groups in total. The van der Waals surface area contributed by atoms with Crippen molar-refractivity contribution in [3.05, 3.63) is 54.7 Å². The zero-order valence-corrected chi connectivity index (χ0v) is 15.5. The van der Waals surface area contributed by atoms with E-state index in [1.807, 2.05) is 19.1 Å². The lowest BCUT2D eigenvalue weighted by Crippen LogP contribution is -2.36. The number of pyridine rings is 1. The number of hydrogen-bond acceptors (Lipinski definition) is 4. The Kier molecular flexibility index (Phi) is 5.79. The van der Waals surface area contributed by atoms with E-state index in [2.05, 4.69) is 36.3 Å². The highest BCUT2D eigenvalue weighted by molar-refractivity contribution is 5.93. The van der Waals surface area contributed by atoms with E-state index < -0.39 is 16.5 Å². The number of fused-ring (bicyclic) bond motifs is 2. The Hall–Kier alpha value is -2.71. The van der Waals surface area contributed by atoms with Crippen molar-refractivity contribution in [2.75, 3.05) is 34.3 Å². The summed E-state index contributed by atoms with van der Waals surface area (Å²) in [5.41, 5.74) is -0.101. The predicted molar refractivity (Wildman–Crippen MR) is 103 cm³/mol. The number of rotatable bonds is 3. The zero-order chi connectivity index (χ0) is 19.5. The molecule has 3 rings (SSSR count). The van der Waals surface area contributed by atoms with Gasteiger partial charge in [-0.25, -0.2) is 0 Å². The molecule has 8 nitrogen and oxygen atoms in total. The second kappa shape index (κ2) is 7.67. The van der Waals surface area contributed by atoms with Crippen molar-refractivity contribution < 1.29 is 9.59 Å². The van der Waals surface area contributed by atoms with Crippen LogP contribution in [0.25, 0.3) is 21.8 Å². The van der Waals surface area contributed by atoms with Crippen LogP contribution in [-0.4, -0.2) is 59.1 Å². The maximum absolute atomic E-state index is 12.4. The van der Waals surface area contributed by atoms with E-state index in [1.54, 1.807) is 6.07 Å². The van der Waals surface area contributed by atoms with E-state index in [9.17, 15) is 14.4 Å². The minimum Gasteiger partial charge on any atom is -0.391 e. The number of aliphatic hydroxyl groups is 1. The molecular weight excluding hydrogens is 336 g/mol. The SMILES string of the molecule is CCc1cccc2[nH]c3c(=O)[nH][nH]c(=O)c3c(=O)c12.C[N+](C)(C)CCO. The fourth-order valence-electron chi connectivity index (χ4n) is 2.63. The smallest absolute Gasteiger partial charge is 0.287 e. The van der Waals surface area contributed by atoms with Gasteiger partial charge in [0.2, 0.25) is 5.43 Å². The predicted octanol–water partition coefficient (Wildman–Crippen LogP) is 0.305. The van der Waals surface area contributed by atoms with Crippen molar-refractivity contribution in [3.8, 4) is 0 Å². The quantitative estimate of drug-likeness (QED) is 0.396. The Balaban J connectivity index is 0.000000298. The van der Waals surface area contributed by atoms with Crippen molar-refractivity contribution >= 4 is 21.8 Å². The molecule has 0 aliphatic carbocycles. The first-order chi connectivity index (χ1) is 12.2. The molecular formula is C18H25N4O4+. The van der Waals surface area contributed by atoms with E-state index in [0.29, 0.717) is 17.3 Å². The molecule has 26 heavy (non-hydrogen) atoms. The number of aryl methyl sites for hydroxylation is 1. The summed E-state index contributed by atoms with van der Waals surface area (Å²) in [6.07, 6.45) is 0.674. The van der Waals surface area contributed by atoms with Crippen LogP contribution in [0.1, 0.15) is 12.5 Å². The number of aliphatic hydroxyl groups excluding tert-OH is 1. The lowest BCUT2D eigenvalue weighted by molar-refractivity contribution is -0.870. The summed E-state index contributed by atoms with van der Waals surface area (Å²) in [6, 6.07) is 5.37. The molecule has 0 fully saturated rings. The molecule has 2 heterocycles. The second-order valence-corrected chi connectivity index (χ2v) is 7.04. The summed E-state index contributed by atoms with van der Waals surface area (Å²) >= 11 is 0. The van der Waals surface area contributed by atoms with Crippen LogP contribution in [0, 0.1) is 0 Å². The van der Waals surface area contributed by atoms with E-state index in [0.717, 1.165) is 16.6 Å². The van der Waals surface area contributed by atoms with Gasteiger partial charge in [0.1, 0.15) is 17.4 Å². The average Bonchev–Trinajstić information content (AvgIpc) is 2.57. The maximum Gasteiger partial charge on any atom is 0.287 e. The minimum absolute atomic E-state index is 0.00880. The van der Waals surface area contributed by atoms with Gasteiger partial charge >= 0.3 is 0 Å². The molecule has 0 aliphatic rings. The molecule has 140 valence electrons. The summed E-state index contributed by atoms with van der Waals surface area (Å²) in [5.74, 6) is 0. The molecule has 0 amide bonds. The number of quaternary nitrogens is 1. The minimum atomic E-state index is -0.594. The summed E-state index contributed by atoms with van der Waals surface area (Å²) in [6.45, 7) is 3.05. The Morgan fingerprint density at radius 1 is 1.00 bits per heavy atom. The van der Waals surface area contributed by atoms with E-state index in [1.165, 1.54) is 0 Å². The van der Waals surface area contributed by atoms with Gasteiger partial charge in [-0.3, -0.25) is 24.6 Å². The normalized spacial score (nSPS) is 11.4. The fraction of sp³-hybridized carbons (Fsp3) is 0.389. The number of nitrogens with one attached hydrogen (secondary N) is 3. The number of nitrogens with zero attached hydrogens (tertiary/aromatic N) is 1. The highest BCUT2D eigenvalue weighted by Crippen LogP contribution is 2.15. The second-order valence-electron chi connectivity index (χ2n) is 7.04. The molecule has 2 aromatic heterocycles. The molecule has 0 unspecified atom stereocenters. The van der Waals surface area contributed by atoms with Gasteiger partial charge in [0.25, 0.3) is 11.1 Å². The fourth-order valence-corrected chi connectivity index (χ4v) is 2.63. The Bertz CT molecular complexity index is 1090. The molecule has 3 aromatic rings. The monoisotopic (exact) mass is 361 g/mol. The topological polar surface area (TPSA) is 119 Å². The van der Waals surface area contributed by atoms with Crippen molar-refractivity contribution in [1.29, 1.82) is 0 Å². The molecule has 0 saturated heterocycles. The third-order valence-electron chi connectivity index (χ3n) is 4.01. The van der Waals surface area contributed by atoms with Gasteiger partial charge in [-0.2, -0.15) is 0 Å². The molecule has 0 bridgehead atoms. The van der Waals surface area contributed by atoms with Crippen molar-refractivity contribution in [2.24, 2.45) is 0 Å². The third-order valence-corrected chi connectivity index (χ3v) is 4.01. The van der Waals surface area contributed by atoms with Crippen LogP contribution in [0.3, 0.4) is 0 Å². The maximum atomic E-state index is 12.4. The van der Waals surface area contributed by atoms with Gasteiger partial charge in [0, 0.05) is 5.39 Å². The van der Waals surface area contributed by atoms with Crippen LogP contribution >= 0.6 is 0 Å². The number of aromatic amines is 3. The van der Waals surface area contributed by atoms with E-state index in [4.69, 9.17) is 5.11 Å². The number of aromatic nitrogens is 3. The molecule has 8 heteroatoms. The van der Waals surface area contributed by atoms with Crippen LogP contribution in [0.15, 0.2) is 32.6 Å². The molecule has 0 spiro atoms. The first kappa shape index (κ1) is 19.6. The van der Waals surface area contributed by atoms with Gasteiger partial charge in [-0.05, 0) is 18.1 Å². The van der Waals surface area contributed by atoms with Gasteiger partial charge in [0.15, 0.2) is 0 Å². The zero-order valence-electron chi connectivity index (χ0n) is 15.5. The van der Waals surface area contributed by atoms with E-state index >= 15 is 0 Å². The number of H-pyrrole nitrogens is 3. The molecule has 0 saturated carbocycles. The number of likely N-dealkylation sites (N-methyl/N-ethyl adjacent to an activating group) is 1. The first-order valence-corrected chi connectivity index (χ1v) is 8.39. The standard InChI is InChI=1S/C13H11N3O3.C5H14NO/c1-2-6-4-3-5-7-8(6)11(17)9-10(14-7)13(19)16-15-12(9)18;1-6(2,3)4-5-7/h3-5H,2H2,1H3,(H,14,17)(H,15,18)(H,16,19);7H,4-5H2,1-3H3/q;+1. The van der Waals surface area contributed by atoms with Crippen molar-refractivity contribution in [3.63, 3.8) is 0 Å². The summed E-state index contributed by atoms with van der Waals surface area (Å²) < 4.78 is 0.844. The van der Waals surface area contributed by atoms with Crippen molar-refractivity contribution in [2.45, 2.75) is 13.3 Å². The lowest BCUT2D eigenvalue weighted by atomic mass is 10.0. The highest BCUT2D eigenvalue weighted by atomic mass is 16.3. The highest BCUT2D eigenvalue weighted by Gasteiger charge is 2.13. The molecule has 0 aliphatic heterocycles. The molecule has 0 atom stereocenters. The Morgan fingerprint density at radius 2 is 1.65 bits per heavy atom.